The number of benzene rings is 1. The fourth-order valence-corrected chi connectivity index (χ4v) is 2.24. The Balaban J connectivity index is 2.06. The van der Waals surface area contributed by atoms with Crippen LogP contribution < -0.4 is 11.3 Å². The van der Waals surface area contributed by atoms with Gasteiger partial charge < -0.3 is 10.3 Å². The average Bonchev–Trinajstić information content (AvgIpc) is 2.73. The molecule has 3 rings (SSSR count). The first-order chi connectivity index (χ1) is 9.52. The van der Waals surface area contributed by atoms with E-state index >= 15 is 0 Å². The molecule has 0 atom stereocenters. The van der Waals surface area contributed by atoms with Gasteiger partial charge in [-0.3, -0.25) is 4.79 Å². The molecular weight excluding hydrogens is 259 g/mol. The van der Waals surface area contributed by atoms with Gasteiger partial charge in [-0.25, -0.2) is 8.91 Å². The van der Waals surface area contributed by atoms with Gasteiger partial charge in [0.15, 0.2) is 0 Å². The number of hydrogen-bond donors (Lipinski definition) is 1. The molecule has 6 heteroatoms. The zero-order valence-electron chi connectivity index (χ0n) is 10.9. The van der Waals surface area contributed by atoms with E-state index in [1.807, 2.05) is 6.92 Å². The molecule has 5 nitrogen and oxygen atoms in total. The van der Waals surface area contributed by atoms with Gasteiger partial charge in [0.2, 0.25) is 0 Å². The van der Waals surface area contributed by atoms with Gasteiger partial charge in [-0.05, 0) is 36.8 Å². The monoisotopic (exact) mass is 272 g/mol. The number of fused-ring (bicyclic) bond motifs is 1. The van der Waals surface area contributed by atoms with Crippen LogP contribution in [0.25, 0.3) is 5.52 Å². The smallest absolute Gasteiger partial charge is 0.276 e. The topological polar surface area (TPSA) is 65.3 Å². The molecule has 0 saturated heterocycles. The van der Waals surface area contributed by atoms with E-state index in [4.69, 9.17) is 5.73 Å². The van der Waals surface area contributed by atoms with E-state index in [-0.39, 0.29) is 12.1 Å². The van der Waals surface area contributed by atoms with Crippen LogP contribution in [0.4, 0.5) is 10.1 Å². The van der Waals surface area contributed by atoms with Crippen molar-refractivity contribution in [2.45, 2.75) is 13.5 Å². The van der Waals surface area contributed by atoms with Gasteiger partial charge in [0.05, 0.1) is 12.2 Å². The van der Waals surface area contributed by atoms with Crippen LogP contribution in [0.1, 0.15) is 11.3 Å². The number of nitrogens with two attached hydrogens (primary N) is 1. The minimum Gasteiger partial charge on any atom is -0.399 e. The van der Waals surface area contributed by atoms with E-state index in [2.05, 4.69) is 5.10 Å². The highest BCUT2D eigenvalue weighted by molar-refractivity contribution is 5.45. The van der Waals surface area contributed by atoms with Crippen LogP contribution in [-0.2, 0) is 6.54 Å². The molecule has 0 fully saturated rings. The first kappa shape index (κ1) is 12.4. The van der Waals surface area contributed by atoms with Crippen molar-refractivity contribution in [3.63, 3.8) is 0 Å². The molecule has 0 aliphatic carbocycles. The molecule has 3 aromatic rings. The number of hydrogen-bond acceptors (Lipinski definition) is 3. The molecule has 0 amide bonds. The maximum absolute atomic E-state index is 13.3. The van der Waals surface area contributed by atoms with E-state index in [1.54, 1.807) is 24.5 Å². The molecule has 0 saturated carbocycles. The van der Waals surface area contributed by atoms with Crippen molar-refractivity contribution >= 4 is 11.2 Å². The minimum absolute atomic E-state index is 0.170. The molecule has 2 N–H and O–H groups in total. The number of aromatic nitrogens is 3. The molecule has 0 unspecified atom stereocenters. The first-order valence-electron chi connectivity index (χ1n) is 6.13. The van der Waals surface area contributed by atoms with Gasteiger partial charge in [0.1, 0.15) is 11.3 Å². The number of nitrogens with zero attached hydrogens (tertiary/aromatic N) is 3. The van der Waals surface area contributed by atoms with Gasteiger partial charge in [-0.1, -0.05) is 0 Å². The van der Waals surface area contributed by atoms with Crippen LogP contribution in [0.15, 0.2) is 41.5 Å². The van der Waals surface area contributed by atoms with Gasteiger partial charge in [-0.2, -0.15) is 5.10 Å². The molecule has 0 radical (unpaired) electrons. The normalized spacial score (nSPS) is 11.1. The number of aryl methyl sites for hydroxylation is 1. The van der Waals surface area contributed by atoms with Crippen LogP contribution in [0.2, 0.25) is 0 Å². The van der Waals surface area contributed by atoms with Crippen LogP contribution in [0.5, 0.6) is 0 Å². The number of halogens is 1. The highest BCUT2D eigenvalue weighted by atomic mass is 19.1. The van der Waals surface area contributed by atoms with Crippen LogP contribution in [0.3, 0.4) is 0 Å². The number of anilines is 1. The fourth-order valence-electron chi connectivity index (χ4n) is 2.24. The molecule has 0 bridgehead atoms. The zero-order valence-corrected chi connectivity index (χ0v) is 10.9. The molecule has 0 aliphatic heterocycles. The average molecular weight is 272 g/mol. The third-order valence-electron chi connectivity index (χ3n) is 3.06. The quantitative estimate of drug-likeness (QED) is 0.720. The predicted octanol–water partition coefficient (Wildman–Crippen LogP) is 1.57. The highest BCUT2D eigenvalue weighted by Crippen LogP contribution is 2.11. The first-order valence-corrected chi connectivity index (χ1v) is 6.13. The van der Waals surface area contributed by atoms with Crippen LogP contribution in [0, 0.1) is 12.7 Å². The highest BCUT2D eigenvalue weighted by Gasteiger charge is 2.07. The molecule has 0 aliphatic rings. The summed E-state index contributed by atoms with van der Waals surface area (Å²) in [6.45, 7) is 2.09. The predicted molar refractivity (Wildman–Crippen MR) is 74.1 cm³/mol. The summed E-state index contributed by atoms with van der Waals surface area (Å²) in [5.41, 5.74) is 7.69. The summed E-state index contributed by atoms with van der Waals surface area (Å²) in [6, 6.07) is 5.99. The van der Waals surface area contributed by atoms with Crippen molar-refractivity contribution in [3.8, 4) is 0 Å². The maximum atomic E-state index is 13.3. The standard InChI is InChI=1S/C14H13FN4O/c1-9-4-13-14(20)18(2-3-19(13)17-9)8-10-5-11(15)7-12(16)6-10/h2-7H,8,16H2,1H3. The summed E-state index contributed by atoms with van der Waals surface area (Å²) in [6.07, 6.45) is 3.33. The maximum Gasteiger partial charge on any atom is 0.276 e. The van der Waals surface area contributed by atoms with Crippen molar-refractivity contribution in [2.75, 3.05) is 5.73 Å². The van der Waals surface area contributed by atoms with E-state index in [9.17, 15) is 9.18 Å². The largest absolute Gasteiger partial charge is 0.399 e. The van der Waals surface area contributed by atoms with Gasteiger partial charge >= 0.3 is 0 Å². The summed E-state index contributed by atoms with van der Waals surface area (Å²) in [4.78, 5) is 12.3. The second-order valence-electron chi connectivity index (χ2n) is 4.74. The SMILES string of the molecule is Cc1cc2c(=O)n(Cc3cc(N)cc(F)c3)ccn2n1. The van der Waals surface area contributed by atoms with Crippen molar-refractivity contribution in [1.29, 1.82) is 0 Å². The Labute approximate surface area is 114 Å². The third kappa shape index (κ3) is 2.16. The van der Waals surface area contributed by atoms with Crippen molar-refractivity contribution in [3.05, 3.63) is 64.1 Å². The lowest BCUT2D eigenvalue weighted by molar-refractivity contribution is 0.623. The van der Waals surface area contributed by atoms with E-state index in [0.717, 1.165) is 5.69 Å². The second-order valence-corrected chi connectivity index (χ2v) is 4.74. The molecule has 1 aromatic carbocycles. The Morgan fingerprint density at radius 3 is 2.80 bits per heavy atom. The number of nitrogen functional groups attached to an aromatic ring is 1. The van der Waals surface area contributed by atoms with Crippen molar-refractivity contribution in [1.82, 2.24) is 14.2 Å². The van der Waals surface area contributed by atoms with Gasteiger partial charge in [0.25, 0.3) is 5.56 Å². The lowest BCUT2D eigenvalue weighted by Crippen LogP contribution is -2.21. The Morgan fingerprint density at radius 2 is 2.05 bits per heavy atom. The molecule has 0 spiro atoms. The van der Waals surface area contributed by atoms with E-state index in [0.29, 0.717) is 16.8 Å². The van der Waals surface area contributed by atoms with Gasteiger partial charge in [0, 0.05) is 18.1 Å². The van der Waals surface area contributed by atoms with E-state index < -0.39 is 5.82 Å². The Hall–Kier alpha value is -2.63. The summed E-state index contributed by atoms with van der Waals surface area (Å²) in [5.74, 6) is -0.408. The summed E-state index contributed by atoms with van der Waals surface area (Å²) in [7, 11) is 0. The van der Waals surface area contributed by atoms with E-state index in [1.165, 1.54) is 21.2 Å². The second kappa shape index (κ2) is 4.48. The fraction of sp³-hybridized carbons (Fsp3) is 0.143. The Morgan fingerprint density at radius 1 is 1.25 bits per heavy atom. The Bertz CT molecular complexity index is 830. The van der Waals surface area contributed by atoms with Gasteiger partial charge in [-0.15, -0.1) is 0 Å². The number of rotatable bonds is 2. The lowest BCUT2D eigenvalue weighted by atomic mass is 10.2. The third-order valence-corrected chi connectivity index (χ3v) is 3.06. The van der Waals surface area contributed by atoms with Crippen LogP contribution >= 0.6 is 0 Å². The van der Waals surface area contributed by atoms with Crippen molar-refractivity contribution < 1.29 is 4.39 Å². The molecule has 20 heavy (non-hydrogen) atoms. The van der Waals surface area contributed by atoms with Crippen LogP contribution in [-0.4, -0.2) is 14.2 Å². The molecule has 102 valence electrons. The lowest BCUT2D eigenvalue weighted by Gasteiger charge is -2.07. The molecular formula is C14H13FN4O. The molecule has 2 heterocycles. The molecule has 2 aromatic heterocycles. The summed E-state index contributed by atoms with van der Waals surface area (Å²) < 4.78 is 16.3. The Kier molecular flexibility index (Phi) is 2.78. The summed E-state index contributed by atoms with van der Waals surface area (Å²) in [5, 5.41) is 4.17. The zero-order chi connectivity index (χ0) is 14.3. The minimum atomic E-state index is -0.408. The van der Waals surface area contributed by atoms with Crippen molar-refractivity contribution in [2.24, 2.45) is 0 Å². The summed E-state index contributed by atoms with van der Waals surface area (Å²) >= 11 is 0.